The van der Waals surface area contributed by atoms with Gasteiger partial charge in [-0.05, 0) is 36.0 Å². The molecule has 9 heteroatoms. The third kappa shape index (κ3) is 3.86. The number of nitrogens with zero attached hydrogens (tertiary/aromatic N) is 1. The third-order valence-electron chi connectivity index (χ3n) is 4.29. The molecule has 1 aromatic heterocycles. The van der Waals surface area contributed by atoms with Crippen LogP contribution in [0.3, 0.4) is 0 Å². The van der Waals surface area contributed by atoms with Gasteiger partial charge in [-0.25, -0.2) is 0 Å². The van der Waals surface area contributed by atoms with Crippen LogP contribution in [0, 0.1) is 0 Å². The Labute approximate surface area is 167 Å². The van der Waals surface area contributed by atoms with Crippen LogP contribution in [0.1, 0.15) is 16.8 Å². The summed E-state index contributed by atoms with van der Waals surface area (Å²) in [6.07, 6.45) is -3.02. The summed E-state index contributed by atoms with van der Waals surface area (Å²) in [6.45, 7) is -0.331. The molecule has 29 heavy (non-hydrogen) atoms. The van der Waals surface area contributed by atoms with Crippen LogP contribution in [0.15, 0.2) is 59.5 Å². The third-order valence-corrected chi connectivity index (χ3v) is 5.10. The van der Waals surface area contributed by atoms with E-state index < -0.39 is 22.9 Å². The normalized spacial score (nSPS) is 15.9. The second kappa shape index (κ2) is 7.32. The number of hydrogen-bond donors (Lipinski definition) is 1. The van der Waals surface area contributed by atoms with Crippen LogP contribution in [0.5, 0.6) is 0 Å². The Morgan fingerprint density at radius 1 is 1.07 bits per heavy atom. The van der Waals surface area contributed by atoms with E-state index in [1.54, 1.807) is 18.2 Å². The Morgan fingerprint density at radius 3 is 2.52 bits per heavy atom. The number of nitrogens with one attached hydrogen (secondary N) is 1. The van der Waals surface area contributed by atoms with Crippen molar-refractivity contribution in [2.45, 2.75) is 12.8 Å². The first-order valence-corrected chi connectivity index (χ1v) is 9.28. The molecule has 1 fully saturated rings. The number of para-hydroxylation sites is 1. The predicted molar refractivity (Wildman–Crippen MR) is 103 cm³/mol. The van der Waals surface area contributed by atoms with Gasteiger partial charge in [0.25, 0.3) is 11.1 Å². The Morgan fingerprint density at radius 2 is 1.79 bits per heavy atom. The molecule has 0 aliphatic carbocycles. The minimum atomic E-state index is -4.50. The SMILES string of the molecule is O=C1NC(=O)/C(=C/c2cc3ccccc3n2OCc2ccccc2C(F)(F)F)S1. The molecule has 148 valence electrons. The lowest BCUT2D eigenvalue weighted by molar-refractivity contribution is -0.138. The van der Waals surface area contributed by atoms with E-state index >= 15 is 0 Å². The maximum Gasteiger partial charge on any atom is 0.416 e. The molecule has 1 aliphatic rings. The second-order valence-electron chi connectivity index (χ2n) is 6.20. The van der Waals surface area contributed by atoms with Gasteiger partial charge >= 0.3 is 6.18 Å². The van der Waals surface area contributed by atoms with Crippen LogP contribution >= 0.6 is 11.8 Å². The van der Waals surface area contributed by atoms with Crippen molar-refractivity contribution >= 4 is 39.9 Å². The lowest BCUT2D eigenvalue weighted by Crippen LogP contribution is -2.18. The molecule has 0 saturated carbocycles. The summed E-state index contributed by atoms with van der Waals surface area (Å²) in [5, 5.41) is 2.46. The molecule has 0 radical (unpaired) electrons. The molecule has 2 aromatic carbocycles. The zero-order valence-electron chi connectivity index (χ0n) is 14.7. The first-order valence-electron chi connectivity index (χ1n) is 8.46. The maximum atomic E-state index is 13.2. The number of carbonyl (C=O) groups is 2. The first-order chi connectivity index (χ1) is 13.8. The van der Waals surface area contributed by atoms with Crippen molar-refractivity contribution in [2.75, 3.05) is 0 Å². The molecule has 2 amide bonds. The van der Waals surface area contributed by atoms with Crippen molar-refractivity contribution in [3.63, 3.8) is 0 Å². The smallest absolute Gasteiger partial charge is 0.408 e. The average molecular weight is 418 g/mol. The van der Waals surface area contributed by atoms with Crippen molar-refractivity contribution in [1.29, 1.82) is 0 Å². The number of amides is 2. The van der Waals surface area contributed by atoms with E-state index in [1.165, 1.54) is 29.0 Å². The minimum Gasteiger partial charge on any atom is -0.408 e. The van der Waals surface area contributed by atoms with Gasteiger partial charge < -0.3 is 4.84 Å². The quantitative estimate of drug-likeness (QED) is 0.629. The fraction of sp³-hybridized carbons (Fsp3) is 0.100. The lowest BCUT2D eigenvalue weighted by Gasteiger charge is -2.15. The lowest BCUT2D eigenvalue weighted by atomic mass is 10.1. The highest BCUT2D eigenvalue weighted by Gasteiger charge is 2.33. The number of aromatic nitrogens is 1. The highest BCUT2D eigenvalue weighted by atomic mass is 32.2. The Hall–Kier alpha value is -3.20. The first kappa shape index (κ1) is 19.1. The summed E-state index contributed by atoms with van der Waals surface area (Å²) in [6, 6.07) is 14.1. The van der Waals surface area contributed by atoms with Crippen molar-refractivity contribution < 1.29 is 27.6 Å². The van der Waals surface area contributed by atoms with Crippen LogP contribution in [0.25, 0.3) is 17.0 Å². The summed E-state index contributed by atoms with van der Waals surface area (Å²) >= 11 is 0.751. The van der Waals surface area contributed by atoms with E-state index in [1.807, 2.05) is 12.1 Å². The minimum absolute atomic E-state index is 0.0143. The molecule has 1 saturated heterocycles. The van der Waals surface area contributed by atoms with Gasteiger partial charge in [0.1, 0.15) is 6.61 Å². The van der Waals surface area contributed by atoms with Gasteiger partial charge in [-0.2, -0.15) is 17.9 Å². The van der Waals surface area contributed by atoms with Crippen LogP contribution in [-0.4, -0.2) is 15.9 Å². The topological polar surface area (TPSA) is 60.3 Å². The summed E-state index contributed by atoms with van der Waals surface area (Å²) in [5.74, 6) is -0.528. The monoisotopic (exact) mass is 418 g/mol. The summed E-state index contributed by atoms with van der Waals surface area (Å²) in [7, 11) is 0. The van der Waals surface area contributed by atoms with Gasteiger partial charge in [0.2, 0.25) is 0 Å². The summed E-state index contributed by atoms with van der Waals surface area (Å²) in [4.78, 5) is 29.2. The molecule has 3 aromatic rings. The molecule has 1 N–H and O–H groups in total. The zero-order valence-corrected chi connectivity index (χ0v) is 15.5. The van der Waals surface area contributed by atoms with Crippen LogP contribution < -0.4 is 10.2 Å². The Bertz CT molecular complexity index is 1150. The predicted octanol–water partition coefficient (Wildman–Crippen LogP) is 4.61. The zero-order chi connectivity index (χ0) is 20.6. The molecule has 0 atom stereocenters. The number of carbonyl (C=O) groups excluding carboxylic acids is 2. The fourth-order valence-electron chi connectivity index (χ4n) is 3.01. The van der Waals surface area contributed by atoms with Gasteiger partial charge in [-0.3, -0.25) is 14.9 Å². The molecule has 0 unspecified atom stereocenters. The van der Waals surface area contributed by atoms with E-state index in [2.05, 4.69) is 5.32 Å². The van der Waals surface area contributed by atoms with Crippen molar-refractivity contribution in [3.8, 4) is 0 Å². The highest BCUT2D eigenvalue weighted by molar-refractivity contribution is 8.18. The van der Waals surface area contributed by atoms with Crippen LogP contribution in [0.4, 0.5) is 18.0 Å². The van der Waals surface area contributed by atoms with Crippen LogP contribution in [-0.2, 0) is 17.6 Å². The average Bonchev–Trinajstić information content (AvgIpc) is 3.18. The van der Waals surface area contributed by atoms with Crippen LogP contribution in [0.2, 0.25) is 0 Å². The van der Waals surface area contributed by atoms with Crippen molar-refractivity contribution in [3.05, 3.63) is 76.3 Å². The molecular formula is C20H13F3N2O3S. The van der Waals surface area contributed by atoms with Gasteiger partial charge in [0, 0.05) is 10.9 Å². The van der Waals surface area contributed by atoms with Gasteiger partial charge in [0.15, 0.2) is 0 Å². The highest BCUT2D eigenvalue weighted by Crippen LogP contribution is 2.32. The largest absolute Gasteiger partial charge is 0.416 e. The number of hydrogen-bond acceptors (Lipinski definition) is 4. The van der Waals surface area contributed by atoms with E-state index in [4.69, 9.17) is 4.84 Å². The number of halogens is 3. The number of imide groups is 1. The summed E-state index contributed by atoms with van der Waals surface area (Å²) in [5.41, 5.74) is 0.272. The molecule has 0 spiro atoms. The second-order valence-corrected chi connectivity index (χ2v) is 7.22. The molecule has 5 nitrogen and oxygen atoms in total. The standard InChI is InChI=1S/C20H13F3N2O3S/c21-20(22,23)15-7-3-1-6-13(15)11-28-25-14(9-12-5-2-4-8-16(12)25)10-17-18(26)24-19(27)29-17/h1-10H,11H2,(H,24,26,27)/b17-10-. The molecule has 2 heterocycles. The van der Waals surface area contributed by atoms with Crippen molar-refractivity contribution in [2.24, 2.45) is 0 Å². The number of fused-ring (bicyclic) bond motifs is 1. The van der Waals surface area contributed by atoms with Crippen molar-refractivity contribution in [1.82, 2.24) is 10.0 Å². The van der Waals surface area contributed by atoms with E-state index in [9.17, 15) is 22.8 Å². The molecule has 4 rings (SSSR count). The number of rotatable bonds is 4. The van der Waals surface area contributed by atoms with Gasteiger partial charge in [-0.1, -0.05) is 36.4 Å². The number of alkyl halides is 3. The Kier molecular flexibility index (Phi) is 4.83. The van der Waals surface area contributed by atoms with E-state index in [0.29, 0.717) is 11.2 Å². The van der Waals surface area contributed by atoms with E-state index in [-0.39, 0.29) is 17.1 Å². The van der Waals surface area contributed by atoms with E-state index in [0.717, 1.165) is 23.2 Å². The molecule has 1 aliphatic heterocycles. The number of thioether (sulfide) groups is 1. The van der Waals surface area contributed by atoms with Gasteiger partial charge in [0.05, 0.1) is 21.7 Å². The van der Waals surface area contributed by atoms with Gasteiger partial charge in [-0.15, -0.1) is 0 Å². The summed E-state index contributed by atoms with van der Waals surface area (Å²) < 4.78 is 41.1. The fourth-order valence-corrected chi connectivity index (χ4v) is 3.67. The maximum absolute atomic E-state index is 13.2. The number of benzene rings is 2. The molecule has 0 bridgehead atoms. The molecular weight excluding hydrogens is 405 g/mol. The Balaban J connectivity index is 1.72.